The van der Waals surface area contributed by atoms with Gasteiger partial charge >= 0.3 is 0 Å². The van der Waals surface area contributed by atoms with Crippen LogP contribution in [0.1, 0.15) is 12.5 Å². The highest BCUT2D eigenvalue weighted by atomic mass is 32.1. The molecule has 0 bridgehead atoms. The van der Waals surface area contributed by atoms with Gasteiger partial charge in [0.25, 0.3) is 5.91 Å². The topological polar surface area (TPSA) is 62.4 Å². The molecule has 2 aromatic carbocycles. The molecule has 5 nitrogen and oxygen atoms in total. The van der Waals surface area contributed by atoms with Gasteiger partial charge in [-0.3, -0.25) is 15.6 Å². The number of hydrogen-bond donors (Lipinski definition) is 3. The molecule has 0 aromatic heterocycles. The zero-order valence-electron chi connectivity index (χ0n) is 13.1. The summed E-state index contributed by atoms with van der Waals surface area (Å²) in [5.74, 6) is -0.585. The van der Waals surface area contributed by atoms with Gasteiger partial charge in [-0.05, 0) is 48.5 Å². The number of ether oxygens (including phenoxy) is 1. The van der Waals surface area contributed by atoms with Crippen molar-refractivity contribution in [3.05, 3.63) is 59.9 Å². The van der Waals surface area contributed by atoms with E-state index in [4.69, 9.17) is 17.0 Å². The van der Waals surface area contributed by atoms with Gasteiger partial charge in [0.15, 0.2) is 11.7 Å². The first-order valence-electron chi connectivity index (χ1n) is 7.40. The Morgan fingerprint density at radius 2 is 1.96 bits per heavy atom. The van der Waals surface area contributed by atoms with E-state index in [0.717, 1.165) is 12.1 Å². The molecule has 0 saturated carbocycles. The molecule has 0 heterocycles. The Morgan fingerprint density at radius 3 is 2.71 bits per heavy atom. The number of carbonyl (C=O) groups excluding carboxylic acids is 1. The fourth-order valence-electron chi connectivity index (χ4n) is 1.90. The zero-order valence-corrected chi connectivity index (χ0v) is 14.0. The molecule has 126 valence electrons. The number of carbonyl (C=O) groups is 1. The minimum Gasteiger partial charge on any atom is -0.484 e. The summed E-state index contributed by atoms with van der Waals surface area (Å²) < 4.78 is 18.2. The number of anilines is 1. The van der Waals surface area contributed by atoms with Gasteiger partial charge in [-0.2, -0.15) is 0 Å². The number of nitrogens with one attached hydrogen (secondary N) is 3. The molecule has 0 unspecified atom stereocenters. The first kappa shape index (κ1) is 17.7. The number of amides is 1. The summed E-state index contributed by atoms with van der Waals surface area (Å²) in [4.78, 5) is 11.7. The maximum atomic E-state index is 13.0. The summed E-state index contributed by atoms with van der Waals surface area (Å²) in [5, 5.41) is 3.22. The van der Waals surface area contributed by atoms with Crippen molar-refractivity contribution in [1.29, 1.82) is 0 Å². The Bertz CT molecular complexity index is 724. The van der Waals surface area contributed by atoms with Crippen molar-refractivity contribution < 1.29 is 13.9 Å². The van der Waals surface area contributed by atoms with Crippen LogP contribution in [0.25, 0.3) is 0 Å². The summed E-state index contributed by atoms with van der Waals surface area (Å²) in [5.41, 5.74) is 6.99. The molecular formula is C17H18FN3O2S. The highest BCUT2D eigenvalue weighted by Crippen LogP contribution is 2.12. The Morgan fingerprint density at radius 1 is 1.17 bits per heavy atom. The molecule has 1 amide bonds. The third-order valence-electron chi connectivity index (χ3n) is 3.07. The Labute approximate surface area is 145 Å². The van der Waals surface area contributed by atoms with E-state index < -0.39 is 11.7 Å². The van der Waals surface area contributed by atoms with Crippen LogP contribution in [0.15, 0.2) is 48.5 Å². The summed E-state index contributed by atoms with van der Waals surface area (Å²) in [6.07, 6.45) is 0.921. The lowest BCUT2D eigenvalue weighted by atomic mass is 10.1. The number of rotatable bonds is 5. The van der Waals surface area contributed by atoms with Gasteiger partial charge in [-0.1, -0.05) is 25.1 Å². The van der Waals surface area contributed by atoms with Crippen LogP contribution in [0.2, 0.25) is 0 Å². The van der Waals surface area contributed by atoms with E-state index in [-0.39, 0.29) is 17.5 Å². The van der Waals surface area contributed by atoms with Crippen LogP contribution in [0.3, 0.4) is 0 Å². The molecule has 0 atom stereocenters. The Hall–Kier alpha value is -2.67. The normalized spacial score (nSPS) is 9.92. The van der Waals surface area contributed by atoms with E-state index in [1.54, 1.807) is 6.07 Å². The second kappa shape index (κ2) is 8.83. The second-order valence-corrected chi connectivity index (χ2v) is 5.34. The molecular weight excluding hydrogens is 329 g/mol. The van der Waals surface area contributed by atoms with Crippen molar-refractivity contribution in [3.8, 4) is 5.75 Å². The molecule has 2 aromatic rings. The maximum Gasteiger partial charge on any atom is 0.276 e. The van der Waals surface area contributed by atoms with E-state index >= 15 is 0 Å². The molecule has 0 aliphatic carbocycles. The van der Waals surface area contributed by atoms with Crippen molar-refractivity contribution in [3.63, 3.8) is 0 Å². The van der Waals surface area contributed by atoms with Crippen LogP contribution in [0, 0.1) is 5.82 Å². The number of halogens is 1. The van der Waals surface area contributed by atoms with Crippen molar-refractivity contribution in [1.82, 2.24) is 10.9 Å². The predicted molar refractivity (Wildman–Crippen MR) is 95.2 cm³/mol. The number of benzene rings is 2. The van der Waals surface area contributed by atoms with E-state index in [2.05, 4.69) is 23.1 Å². The van der Waals surface area contributed by atoms with Gasteiger partial charge < -0.3 is 10.1 Å². The monoisotopic (exact) mass is 347 g/mol. The van der Waals surface area contributed by atoms with Gasteiger partial charge in [0.05, 0.1) is 0 Å². The molecule has 7 heteroatoms. The Kier molecular flexibility index (Phi) is 6.51. The third-order valence-corrected chi connectivity index (χ3v) is 3.28. The van der Waals surface area contributed by atoms with E-state index in [1.807, 2.05) is 24.3 Å². The van der Waals surface area contributed by atoms with E-state index in [1.165, 1.54) is 23.8 Å². The van der Waals surface area contributed by atoms with Gasteiger partial charge in [0.1, 0.15) is 11.6 Å². The summed E-state index contributed by atoms with van der Waals surface area (Å²) in [6, 6.07) is 13.4. The van der Waals surface area contributed by atoms with Crippen LogP contribution in [-0.2, 0) is 11.2 Å². The molecule has 0 fully saturated rings. The second-order valence-electron chi connectivity index (χ2n) is 4.93. The van der Waals surface area contributed by atoms with Crippen molar-refractivity contribution in [2.45, 2.75) is 13.3 Å². The molecule has 0 radical (unpaired) electrons. The molecule has 24 heavy (non-hydrogen) atoms. The lowest BCUT2D eigenvalue weighted by Gasteiger charge is -2.12. The largest absolute Gasteiger partial charge is 0.484 e. The zero-order chi connectivity index (χ0) is 17.4. The molecule has 3 N–H and O–H groups in total. The summed E-state index contributed by atoms with van der Waals surface area (Å²) >= 11 is 5.10. The van der Waals surface area contributed by atoms with Gasteiger partial charge in [-0.25, -0.2) is 4.39 Å². The molecule has 0 spiro atoms. The average Bonchev–Trinajstić information content (AvgIpc) is 2.58. The van der Waals surface area contributed by atoms with E-state index in [0.29, 0.717) is 0 Å². The quantitative estimate of drug-likeness (QED) is 0.573. The van der Waals surface area contributed by atoms with Crippen LogP contribution in [0.5, 0.6) is 5.75 Å². The lowest BCUT2D eigenvalue weighted by molar-refractivity contribution is -0.123. The minimum absolute atomic E-state index is 0.252. The highest BCUT2D eigenvalue weighted by molar-refractivity contribution is 7.80. The number of hydrogen-bond acceptors (Lipinski definition) is 3. The molecule has 0 saturated heterocycles. The summed E-state index contributed by atoms with van der Waals surface area (Å²) in [7, 11) is 0. The van der Waals surface area contributed by atoms with Crippen LogP contribution in [-0.4, -0.2) is 17.6 Å². The van der Waals surface area contributed by atoms with Gasteiger partial charge in [0.2, 0.25) is 0 Å². The van der Waals surface area contributed by atoms with Crippen LogP contribution in [0.4, 0.5) is 10.1 Å². The predicted octanol–water partition coefficient (Wildman–Crippen LogP) is 2.78. The Balaban J connectivity index is 1.73. The molecule has 0 aliphatic rings. The fraction of sp³-hybridized carbons (Fsp3) is 0.176. The highest BCUT2D eigenvalue weighted by Gasteiger charge is 2.04. The van der Waals surface area contributed by atoms with Gasteiger partial charge in [-0.15, -0.1) is 0 Å². The molecule has 0 aliphatic heterocycles. The average molecular weight is 347 g/mol. The van der Waals surface area contributed by atoms with Crippen molar-refractivity contribution in [2.24, 2.45) is 0 Å². The first-order valence-corrected chi connectivity index (χ1v) is 7.81. The van der Waals surface area contributed by atoms with Crippen molar-refractivity contribution in [2.75, 3.05) is 11.9 Å². The lowest BCUT2D eigenvalue weighted by Crippen LogP contribution is -2.45. The van der Waals surface area contributed by atoms with Crippen LogP contribution >= 0.6 is 12.2 Å². The summed E-state index contributed by atoms with van der Waals surface area (Å²) in [6.45, 7) is 1.80. The van der Waals surface area contributed by atoms with E-state index in [9.17, 15) is 9.18 Å². The minimum atomic E-state index is -0.439. The van der Waals surface area contributed by atoms with Gasteiger partial charge in [0, 0.05) is 11.8 Å². The number of thiocarbonyl (C=S) groups is 1. The SMILES string of the molecule is CCc1cccc(NC(=S)NNC(=O)COc2cccc(F)c2)c1. The van der Waals surface area contributed by atoms with Crippen LogP contribution < -0.4 is 20.9 Å². The smallest absolute Gasteiger partial charge is 0.276 e. The first-order chi connectivity index (χ1) is 11.6. The number of aryl methyl sites for hydroxylation is 1. The van der Waals surface area contributed by atoms with Crippen molar-refractivity contribution >= 4 is 28.9 Å². The fourth-order valence-corrected chi connectivity index (χ4v) is 2.07. The standard InChI is InChI=1S/C17H18FN3O2S/c1-2-12-5-3-7-14(9-12)19-17(24)21-20-16(22)11-23-15-8-4-6-13(18)10-15/h3-10H,2,11H2,1H3,(H,20,22)(H2,19,21,24). The molecule has 2 rings (SSSR count). The maximum absolute atomic E-state index is 13.0. The third kappa shape index (κ3) is 5.85. The number of hydrazine groups is 1.